The van der Waals surface area contributed by atoms with E-state index in [1.165, 1.54) is 11.1 Å². The molecule has 0 aliphatic heterocycles. The molecule has 0 saturated carbocycles. The molecule has 19 heavy (non-hydrogen) atoms. The summed E-state index contributed by atoms with van der Waals surface area (Å²) in [5, 5.41) is 0. The van der Waals surface area contributed by atoms with Crippen molar-refractivity contribution in [2.24, 2.45) is 5.73 Å². The third-order valence-corrected chi connectivity index (χ3v) is 3.37. The molecule has 1 heterocycles. The molecule has 0 aliphatic rings. The summed E-state index contributed by atoms with van der Waals surface area (Å²) < 4.78 is 2.17. The van der Waals surface area contributed by atoms with E-state index in [1.807, 2.05) is 12.4 Å². The average Bonchev–Trinajstić information content (AvgIpc) is 2.85. The van der Waals surface area contributed by atoms with Crippen LogP contribution in [-0.4, -0.2) is 9.55 Å². The van der Waals surface area contributed by atoms with Gasteiger partial charge in [-0.3, -0.25) is 0 Å². The van der Waals surface area contributed by atoms with Crippen molar-refractivity contribution in [3.8, 4) is 0 Å². The number of aromatic nitrogens is 2. The van der Waals surface area contributed by atoms with Gasteiger partial charge in [0, 0.05) is 18.9 Å². The van der Waals surface area contributed by atoms with Crippen molar-refractivity contribution >= 4 is 0 Å². The molecule has 0 saturated heterocycles. The first-order valence-electron chi connectivity index (χ1n) is 7.03. The van der Waals surface area contributed by atoms with E-state index in [2.05, 4.69) is 47.7 Å². The fourth-order valence-electron chi connectivity index (χ4n) is 2.40. The topological polar surface area (TPSA) is 43.8 Å². The van der Waals surface area contributed by atoms with Crippen LogP contribution >= 0.6 is 0 Å². The van der Waals surface area contributed by atoms with Gasteiger partial charge in [-0.05, 0) is 31.7 Å². The van der Waals surface area contributed by atoms with Crippen molar-refractivity contribution in [1.29, 1.82) is 0 Å². The number of benzene rings is 1. The Bertz CT molecular complexity index is 516. The highest BCUT2D eigenvalue weighted by Gasteiger charge is 2.12. The molecular formula is C16H23N3. The lowest BCUT2D eigenvalue weighted by molar-refractivity contribution is 0.549. The van der Waals surface area contributed by atoms with E-state index < -0.39 is 0 Å². The lowest BCUT2D eigenvalue weighted by Gasteiger charge is -2.13. The maximum Gasteiger partial charge on any atom is 0.125 e. The van der Waals surface area contributed by atoms with Crippen molar-refractivity contribution in [3.63, 3.8) is 0 Å². The Labute approximate surface area is 115 Å². The smallest absolute Gasteiger partial charge is 0.125 e. The highest BCUT2D eigenvalue weighted by molar-refractivity contribution is 5.22. The molecule has 2 rings (SSSR count). The van der Waals surface area contributed by atoms with E-state index in [1.54, 1.807) is 0 Å². The standard InChI is InChI=1S/C16H23N3/c1-3-10-19-11-9-18-16(19)15(17)8-7-14-6-4-5-13(2)12-14/h4-6,9,11-12,15H,3,7-8,10,17H2,1-2H3. The maximum atomic E-state index is 6.27. The summed E-state index contributed by atoms with van der Waals surface area (Å²) in [4.78, 5) is 4.40. The molecule has 3 nitrogen and oxygen atoms in total. The van der Waals surface area contributed by atoms with Gasteiger partial charge in [0.15, 0.2) is 0 Å². The van der Waals surface area contributed by atoms with Gasteiger partial charge in [-0.15, -0.1) is 0 Å². The second-order valence-electron chi connectivity index (χ2n) is 5.11. The second kappa shape index (κ2) is 6.53. The zero-order valence-electron chi connectivity index (χ0n) is 11.8. The largest absolute Gasteiger partial charge is 0.334 e. The molecule has 102 valence electrons. The van der Waals surface area contributed by atoms with Gasteiger partial charge in [-0.2, -0.15) is 0 Å². The van der Waals surface area contributed by atoms with E-state index in [0.29, 0.717) is 0 Å². The zero-order valence-corrected chi connectivity index (χ0v) is 11.8. The van der Waals surface area contributed by atoms with Gasteiger partial charge in [0.25, 0.3) is 0 Å². The first-order valence-corrected chi connectivity index (χ1v) is 7.03. The van der Waals surface area contributed by atoms with Crippen LogP contribution in [0.4, 0.5) is 0 Å². The predicted molar refractivity (Wildman–Crippen MR) is 78.9 cm³/mol. The van der Waals surface area contributed by atoms with Gasteiger partial charge in [-0.1, -0.05) is 36.8 Å². The molecule has 0 aliphatic carbocycles. The van der Waals surface area contributed by atoms with Gasteiger partial charge >= 0.3 is 0 Å². The Hall–Kier alpha value is -1.61. The second-order valence-corrected chi connectivity index (χ2v) is 5.11. The predicted octanol–water partition coefficient (Wildman–Crippen LogP) is 3.23. The summed E-state index contributed by atoms with van der Waals surface area (Å²) in [5.41, 5.74) is 8.93. The Morgan fingerprint density at radius 2 is 2.21 bits per heavy atom. The monoisotopic (exact) mass is 257 g/mol. The van der Waals surface area contributed by atoms with Crippen molar-refractivity contribution in [3.05, 3.63) is 53.6 Å². The molecule has 1 aromatic heterocycles. The van der Waals surface area contributed by atoms with Crippen molar-refractivity contribution in [2.75, 3.05) is 0 Å². The summed E-state index contributed by atoms with van der Waals surface area (Å²) in [6.07, 6.45) is 6.91. The molecule has 1 atom stereocenters. The summed E-state index contributed by atoms with van der Waals surface area (Å²) in [6.45, 7) is 5.28. The number of hydrogen-bond acceptors (Lipinski definition) is 2. The number of aryl methyl sites for hydroxylation is 3. The average molecular weight is 257 g/mol. The van der Waals surface area contributed by atoms with Crippen LogP contribution in [0.2, 0.25) is 0 Å². The first-order chi connectivity index (χ1) is 9.20. The van der Waals surface area contributed by atoms with Crippen molar-refractivity contribution < 1.29 is 0 Å². The minimum absolute atomic E-state index is 0.0158. The summed E-state index contributed by atoms with van der Waals surface area (Å²) in [7, 11) is 0. The molecule has 2 N–H and O–H groups in total. The highest BCUT2D eigenvalue weighted by Crippen LogP contribution is 2.16. The van der Waals surface area contributed by atoms with Crippen LogP contribution in [0.25, 0.3) is 0 Å². The highest BCUT2D eigenvalue weighted by atomic mass is 15.1. The van der Waals surface area contributed by atoms with Gasteiger partial charge in [0.05, 0.1) is 6.04 Å². The minimum Gasteiger partial charge on any atom is -0.334 e. The molecular weight excluding hydrogens is 234 g/mol. The molecule has 3 heteroatoms. The summed E-state index contributed by atoms with van der Waals surface area (Å²) in [5.74, 6) is 1.01. The minimum atomic E-state index is 0.0158. The molecule has 1 aromatic carbocycles. The van der Waals surface area contributed by atoms with Gasteiger partial charge < -0.3 is 10.3 Å². The molecule has 1 unspecified atom stereocenters. The number of hydrogen-bond donors (Lipinski definition) is 1. The third-order valence-electron chi connectivity index (χ3n) is 3.37. The van der Waals surface area contributed by atoms with E-state index >= 15 is 0 Å². The molecule has 0 fully saturated rings. The number of imidazole rings is 1. The van der Waals surface area contributed by atoms with Crippen LogP contribution in [0.1, 0.15) is 42.8 Å². The summed E-state index contributed by atoms with van der Waals surface area (Å²) in [6, 6.07) is 8.64. The van der Waals surface area contributed by atoms with Crippen molar-refractivity contribution in [1.82, 2.24) is 9.55 Å². The van der Waals surface area contributed by atoms with E-state index in [4.69, 9.17) is 5.73 Å². The quantitative estimate of drug-likeness (QED) is 0.863. The Kier molecular flexibility index (Phi) is 4.74. The lowest BCUT2D eigenvalue weighted by atomic mass is 10.0. The van der Waals surface area contributed by atoms with Gasteiger partial charge in [-0.25, -0.2) is 4.98 Å². The van der Waals surface area contributed by atoms with Crippen LogP contribution in [0, 0.1) is 6.92 Å². The molecule has 0 amide bonds. The van der Waals surface area contributed by atoms with E-state index in [0.717, 1.165) is 31.6 Å². The third kappa shape index (κ3) is 3.67. The van der Waals surface area contributed by atoms with Crippen molar-refractivity contribution in [2.45, 2.75) is 45.7 Å². The van der Waals surface area contributed by atoms with Gasteiger partial charge in [0.1, 0.15) is 5.82 Å². The van der Waals surface area contributed by atoms with E-state index in [-0.39, 0.29) is 6.04 Å². The summed E-state index contributed by atoms with van der Waals surface area (Å²) >= 11 is 0. The fraction of sp³-hybridized carbons (Fsp3) is 0.438. The Morgan fingerprint density at radius 1 is 1.37 bits per heavy atom. The molecule has 0 spiro atoms. The number of nitrogens with two attached hydrogens (primary N) is 1. The van der Waals surface area contributed by atoms with E-state index in [9.17, 15) is 0 Å². The normalized spacial score (nSPS) is 12.6. The molecule has 0 bridgehead atoms. The fourth-order valence-corrected chi connectivity index (χ4v) is 2.40. The Morgan fingerprint density at radius 3 is 2.95 bits per heavy atom. The van der Waals surface area contributed by atoms with Gasteiger partial charge in [0.2, 0.25) is 0 Å². The number of rotatable bonds is 6. The SMILES string of the molecule is CCCn1ccnc1C(N)CCc1cccc(C)c1. The Balaban J connectivity index is 1.97. The lowest BCUT2D eigenvalue weighted by Crippen LogP contribution is -2.17. The molecule has 2 aromatic rings. The first kappa shape index (κ1) is 13.8. The maximum absolute atomic E-state index is 6.27. The molecule has 0 radical (unpaired) electrons. The van der Waals surface area contributed by atoms with Crippen LogP contribution < -0.4 is 5.73 Å². The van der Waals surface area contributed by atoms with Crippen LogP contribution in [0.3, 0.4) is 0 Å². The zero-order chi connectivity index (χ0) is 13.7. The van der Waals surface area contributed by atoms with Crippen LogP contribution in [0.5, 0.6) is 0 Å². The van der Waals surface area contributed by atoms with Crippen LogP contribution in [0.15, 0.2) is 36.7 Å². The van der Waals surface area contributed by atoms with Crippen LogP contribution in [-0.2, 0) is 13.0 Å². The number of nitrogens with zero attached hydrogens (tertiary/aromatic N) is 2.